The van der Waals surface area contributed by atoms with Crippen LogP contribution in [0.5, 0.6) is 5.75 Å². The number of carbonyl (C=O) groups excluding carboxylic acids is 3. The van der Waals surface area contributed by atoms with Crippen molar-refractivity contribution in [3.63, 3.8) is 0 Å². The number of fused-ring (bicyclic) bond motifs is 3. The van der Waals surface area contributed by atoms with Crippen molar-refractivity contribution in [3.05, 3.63) is 101 Å². The summed E-state index contributed by atoms with van der Waals surface area (Å²) in [6.07, 6.45) is 4.99. The van der Waals surface area contributed by atoms with Crippen molar-refractivity contribution in [2.75, 3.05) is 6.61 Å². The second kappa shape index (κ2) is 10.2. The van der Waals surface area contributed by atoms with Crippen molar-refractivity contribution in [1.82, 2.24) is 0 Å². The van der Waals surface area contributed by atoms with Crippen LogP contribution >= 0.6 is 0 Å². The predicted octanol–water partition coefficient (Wildman–Crippen LogP) is 5.67. The molecule has 4 heteroatoms. The molecule has 0 amide bonds. The molecule has 0 unspecified atom stereocenters. The van der Waals surface area contributed by atoms with Gasteiger partial charge in [-0.15, -0.1) is 0 Å². The lowest BCUT2D eigenvalue weighted by Gasteiger charge is -2.14. The summed E-state index contributed by atoms with van der Waals surface area (Å²) in [7, 11) is 0. The Hall–Kier alpha value is -3.53. The van der Waals surface area contributed by atoms with E-state index in [1.54, 1.807) is 6.07 Å². The van der Waals surface area contributed by atoms with Gasteiger partial charge in [-0.3, -0.25) is 14.4 Å². The van der Waals surface area contributed by atoms with Crippen LogP contribution in [0.15, 0.2) is 72.8 Å². The van der Waals surface area contributed by atoms with Crippen LogP contribution in [0.3, 0.4) is 0 Å². The summed E-state index contributed by atoms with van der Waals surface area (Å²) in [6.45, 7) is 0.524. The molecule has 0 bridgehead atoms. The molecular weight excluding hydrogens is 400 g/mol. The molecule has 0 saturated heterocycles. The van der Waals surface area contributed by atoms with E-state index in [0.717, 1.165) is 48.1 Å². The molecule has 0 atom stereocenters. The Balaban J connectivity index is 0.000000115. The van der Waals surface area contributed by atoms with Crippen molar-refractivity contribution >= 4 is 17.3 Å². The van der Waals surface area contributed by atoms with E-state index in [1.807, 2.05) is 66.7 Å². The highest BCUT2D eigenvalue weighted by molar-refractivity contribution is 6.00. The van der Waals surface area contributed by atoms with Gasteiger partial charge in [-0.2, -0.15) is 0 Å². The molecule has 162 valence electrons. The van der Waals surface area contributed by atoms with E-state index in [9.17, 15) is 14.4 Å². The molecule has 3 aliphatic rings. The van der Waals surface area contributed by atoms with Crippen molar-refractivity contribution in [2.45, 2.75) is 38.5 Å². The second-order valence-corrected chi connectivity index (χ2v) is 8.03. The minimum atomic E-state index is 0.187. The molecule has 4 nitrogen and oxygen atoms in total. The van der Waals surface area contributed by atoms with Crippen LogP contribution in [-0.2, 0) is 12.8 Å². The first-order chi connectivity index (χ1) is 15.6. The van der Waals surface area contributed by atoms with E-state index in [1.165, 1.54) is 11.1 Å². The molecule has 0 aromatic heterocycles. The topological polar surface area (TPSA) is 60.4 Å². The summed E-state index contributed by atoms with van der Waals surface area (Å²) in [5.74, 6) is 1.53. The highest BCUT2D eigenvalue weighted by Crippen LogP contribution is 2.23. The fourth-order valence-corrected chi connectivity index (χ4v) is 4.19. The molecule has 3 aromatic carbocycles. The fraction of sp³-hybridized carbons (Fsp3) is 0.250. The van der Waals surface area contributed by atoms with Gasteiger partial charge < -0.3 is 4.74 Å². The molecule has 2 aliphatic carbocycles. The van der Waals surface area contributed by atoms with Crippen LogP contribution in [0, 0.1) is 0 Å². The molecule has 32 heavy (non-hydrogen) atoms. The predicted molar refractivity (Wildman–Crippen MR) is 124 cm³/mol. The van der Waals surface area contributed by atoms with Gasteiger partial charge in [0.05, 0.1) is 12.2 Å². The minimum Gasteiger partial charge on any atom is -0.492 e. The number of ketones is 3. The van der Waals surface area contributed by atoms with E-state index >= 15 is 0 Å². The third-order valence-corrected chi connectivity index (χ3v) is 5.88. The van der Waals surface area contributed by atoms with E-state index in [0.29, 0.717) is 31.0 Å². The maximum atomic E-state index is 11.3. The summed E-state index contributed by atoms with van der Waals surface area (Å²) in [5, 5.41) is 0. The zero-order valence-corrected chi connectivity index (χ0v) is 18.0. The summed E-state index contributed by atoms with van der Waals surface area (Å²) in [5.41, 5.74) is 5.04. The molecule has 0 fully saturated rings. The first-order valence-electron chi connectivity index (χ1n) is 11.1. The van der Waals surface area contributed by atoms with Crippen molar-refractivity contribution in [1.29, 1.82) is 0 Å². The lowest BCUT2D eigenvalue weighted by Crippen LogP contribution is -2.14. The van der Waals surface area contributed by atoms with Crippen LogP contribution in [0.4, 0.5) is 0 Å². The summed E-state index contributed by atoms with van der Waals surface area (Å²) < 4.78 is 5.27. The molecular formula is C28H26O4. The van der Waals surface area contributed by atoms with Gasteiger partial charge >= 0.3 is 0 Å². The number of carbonyl (C=O) groups is 3. The standard InChI is InChI=1S/C10H10O.C9H8O2.C9H8O/c11-10-7-3-5-8-4-1-2-6-9(8)10;10-8-5-6-11-9-4-2-1-3-7(8)9;10-9-6-5-7-3-1-2-4-8(7)9/h1-2,4,6H,3,5,7H2;1-4H,5-6H2;1-4H,5-6H2. The van der Waals surface area contributed by atoms with Gasteiger partial charge in [0.25, 0.3) is 0 Å². The van der Waals surface area contributed by atoms with Gasteiger partial charge in [0.1, 0.15) is 5.75 Å². The Morgan fingerprint density at radius 3 is 1.69 bits per heavy atom. The van der Waals surface area contributed by atoms with Crippen LogP contribution in [0.25, 0.3) is 0 Å². The summed E-state index contributed by atoms with van der Waals surface area (Å²) in [4.78, 5) is 33.6. The fourth-order valence-electron chi connectivity index (χ4n) is 4.19. The molecule has 1 aliphatic heterocycles. The van der Waals surface area contributed by atoms with Gasteiger partial charge in [0.15, 0.2) is 17.3 Å². The first-order valence-corrected chi connectivity index (χ1v) is 11.1. The normalized spacial score (nSPS) is 15.7. The van der Waals surface area contributed by atoms with Gasteiger partial charge in [0.2, 0.25) is 0 Å². The Morgan fingerprint density at radius 2 is 1.03 bits per heavy atom. The number of rotatable bonds is 0. The number of benzene rings is 3. The van der Waals surface area contributed by atoms with Crippen LogP contribution < -0.4 is 4.74 Å². The van der Waals surface area contributed by atoms with Gasteiger partial charge in [-0.1, -0.05) is 60.7 Å². The zero-order chi connectivity index (χ0) is 22.3. The Labute approximate surface area is 188 Å². The van der Waals surface area contributed by atoms with Crippen LogP contribution in [-0.4, -0.2) is 24.0 Å². The Kier molecular flexibility index (Phi) is 6.90. The smallest absolute Gasteiger partial charge is 0.169 e. The minimum absolute atomic E-state index is 0.187. The lowest BCUT2D eigenvalue weighted by atomic mass is 9.91. The lowest BCUT2D eigenvalue weighted by molar-refractivity contribution is 0.0931. The molecule has 3 aromatic rings. The average Bonchev–Trinajstić information content (AvgIpc) is 3.22. The number of para-hydroxylation sites is 1. The quantitative estimate of drug-likeness (QED) is 0.464. The van der Waals surface area contributed by atoms with Crippen molar-refractivity contribution < 1.29 is 19.1 Å². The van der Waals surface area contributed by atoms with E-state index in [-0.39, 0.29) is 5.78 Å². The summed E-state index contributed by atoms with van der Waals surface area (Å²) >= 11 is 0. The SMILES string of the molecule is O=C1CCCc2ccccc21.O=C1CCOc2ccccc21.O=C1CCc2ccccc21. The Bertz CT molecular complexity index is 1080. The molecule has 0 N–H and O–H groups in total. The number of aryl methyl sites for hydroxylation is 2. The van der Waals surface area contributed by atoms with Crippen LogP contribution in [0.2, 0.25) is 0 Å². The average molecular weight is 427 g/mol. The highest BCUT2D eigenvalue weighted by atomic mass is 16.5. The summed E-state index contributed by atoms with van der Waals surface area (Å²) in [6, 6.07) is 23.1. The van der Waals surface area contributed by atoms with E-state index in [2.05, 4.69) is 0 Å². The number of Topliss-reactive ketones (excluding diaryl/α,β-unsaturated/α-hetero) is 3. The van der Waals surface area contributed by atoms with Crippen molar-refractivity contribution in [3.8, 4) is 5.75 Å². The third-order valence-electron chi connectivity index (χ3n) is 5.88. The third kappa shape index (κ3) is 5.02. The monoisotopic (exact) mass is 426 g/mol. The Morgan fingerprint density at radius 1 is 0.500 bits per heavy atom. The van der Waals surface area contributed by atoms with Crippen molar-refractivity contribution in [2.24, 2.45) is 0 Å². The molecule has 1 heterocycles. The molecule has 6 rings (SSSR count). The molecule has 0 radical (unpaired) electrons. The molecule has 0 spiro atoms. The van der Waals surface area contributed by atoms with Gasteiger partial charge in [0, 0.05) is 30.4 Å². The van der Waals surface area contributed by atoms with E-state index < -0.39 is 0 Å². The zero-order valence-electron chi connectivity index (χ0n) is 18.0. The first kappa shape index (κ1) is 21.7. The maximum absolute atomic E-state index is 11.3. The van der Waals surface area contributed by atoms with Gasteiger partial charge in [-0.25, -0.2) is 0 Å². The second-order valence-electron chi connectivity index (χ2n) is 8.03. The number of hydrogen-bond donors (Lipinski definition) is 0. The largest absolute Gasteiger partial charge is 0.492 e. The molecule has 0 saturated carbocycles. The number of ether oxygens (including phenoxy) is 1. The van der Waals surface area contributed by atoms with E-state index in [4.69, 9.17) is 4.74 Å². The highest BCUT2D eigenvalue weighted by Gasteiger charge is 2.18. The van der Waals surface area contributed by atoms with Gasteiger partial charge in [-0.05, 0) is 42.5 Å². The van der Waals surface area contributed by atoms with Crippen LogP contribution in [0.1, 0.15) is 67.9 Å². The number of hydrogen-bond acceptors (Lipinski definition) is 4. The maximum Gasteiger partial charge on any atom is 0.169 e.